The van der Waals surface area contributed by atoms with Crippen LogP contribution in [0.2, 0.25) is 0 Å². The third-order valence-electron chi connectivity index (χ3n) is 9.90. The van der Waals surface area contributed by atoms with E-state index in [-0.39, 0.29) is 25.0 Å². The Morgan fingerprint density at radius 2 is 1.48 bits per heavy atom. The molecule has 0 amide bonds. The highest BCUT2D eigenvalue weighted by molar-refractivity contribution is 5.97. The van der Waals surface area contributed by atoms with Gasteiger partial charge in [-0.2, -0.15) is 0 Å². The van der Waals surface area contributed by atoms with E-state index >= 15 is 0 Å². The van der Waals surface area contributed by atoms with Crippen molar-refractivity contribution in [2.45, 2.75) is 26.2 Å². The second-order valence-corrected chi connectivity index (χ2v) is 14.4. The molecule has 1 aliphatic rings. The summed E-state index contributed by atoms with van der Waals surface area (Å²) in [4.78, 5) is 50.1. The predicted molar refractivity (Wildman–Crippen MR) is 248 cm³/mol. The van der Waals surface area contributed by atoms with Gasteiger partial charge in [0, 0.05) is 81.8 Å². The molecule has 9 heterocycles. The number of hydrogen-bond acceptors (Lipinski definition) is 16. The Morgan fingerprint density at radius 1 is 0.851 bits per heavy atom. The minimum atomic E-state index is -0.518. The maximum absolute atomic E-state index is 8.36. The minimum Gasteiger partial charge on any atom is -0.483 e. The molecule has 0 aromatic carbocycles. The Labute approximate surface area is 385 Å². The molecule has 0 saturated heterocycles. The number of nitrogens with one attached hydrogen (secondary N) is 1. The average molecular weight is 917 g/mol. The summed E-state index contributed by atoms with van der Waals surface area (Å²) in [6.07, 6.45) is 14.4. The van der Waals surface area contributed by atoms with E-state index in [2.05, 4.69) is 64.9 Å². The number of aromatic nitrogens is 10. The summed E-state index contributed by atoms with van der Waals surface area (Å²) in [7, 11) is 10.1. The van der Waals surface area contributed by atoms with Gasteiger partial charge in [0.15, 0.2) is 24.6 Å². The molecule has 1 unspecified atom stereocenters. The molecule has 0 saturated carbocycles. The van der Waals surface area contributed by atoms with E-state index in [0.29, 0.717) is 35.6 Å². The fourth-order valence-corrected chi connectivity index (χ4v) is 6.68. The number of carbonyl (C=O) groups is 1. The summed E-state index contributed by atoms with van der Waals surface area (Å²) >= 11 is 0. The third-order valence-corrected chi connectivity index (χ3v) is 9.90. The number of rotatable bonds is 12. The van der Waals surface area contributed by atoms with Crippen LogP contribution in [0.3, 0.4) is 0 Å². The molecule has 67 heavy (non-hydrogen) atoms. The molecule has 350 valence electrons. The fourth-order valence-electron chi connectivity index (χ4n) is 6.68. The standard InChI is InChI=1S/C21H21N7O2.C15H21N5O4.C8H8N2.CH2O2/c1-13-9-28(12-23-13)18-7-6-16(25-21(18)29-3)19-24-17(11-30-26-19)15-10-27(2)20-14(15)5-4-8-22-20;1-10-7-20(9-17-10)12-6-5-11(18-15(12)23-4)14(16)19-24-8-13(21-2)22-3;1-10-6-4-7-3-2-5-9-8(7)10;2-1-3/h4-10,12,17H,11H2,1-3H3,(H,24,26);5-7,9,13H,8H2,1-4H3,(H2,16,19);2-6H,1H3;1H,(H,2,3). The van der Waals surface area contributed by atoms with Crippen molar-refractivity contribution in [3.8, 4) is 23.1 Å². The first-order chi connectivity index (χ1) is 32.5. The highest BCUT2D eigenvalue weighted by Crippen LogP contribution is 2.30. The number of aliphatic imine (C=N–C) groups is 1. The van der Waals surface area contributed by atoms with Crippen molar-refractivity contribution in [3.05, 3.63) is 133 Å². The number of aryl methyl sites for hydroxylation is 4. The first-order valence-corrected chi connectivity index (χ1v) is 20.4. The molecular weight excluding hydrogens is 865 g/mol. The van der Waals surface area contributed by atoms with Gasteiger partial charge in [0.1, 0.15) is 46.7 Å². The van der Waals surface area contributed by atoms with Crippen molar-refractivity contribution in [2.24, 2.45) is 30.0 Å². The number of amidine groups is 2. The maximum Gasteiger partial charge on any atom is 0.290 e. The normalized spacial score (nSPS) is 13.3. The molecule has 0 bridgehead atoms. The number of ether oxygens (including phenoxy) is 4. The van der Waals surface area contributed by atoms with E-state index in [1.54, 1.807) is 32.0 Å². The lowest BCUT2D eigenvalue weighted by atomic mass is 10.1. The van der Waals surface area contributed by atoms with E-state index in [4.69, 9.17) is 49.2 Å². The molecular formula is C45H52N14O8. The van der Waals surface area contributed by atoms with Crippen LogP contribution in [0.5, 0.6) is 11.8 Å². The van der Waals surface area contributed by atoms with Crippen molar-refractivity contribution in [1.82, 2.24) is 53.7 Å². The zero-order valence-electron chi connectivity index (χ0n) is 38.2. The minimum absolute atomic E-state index is 0.108. The van der Waals surface area contributed by atoms with Crippen LogP contribution in [0, 0.1) is 13.8 Å². The first-order valence-electron chi connectivity index (χ1n) is 20.4. The maximum atomic E-state index is 8.36. The van der Waals surface area contributed by atoms with E-state index in [9.17, 15) is 0 Å². The first kappa shape index (κ1) is 48.3. The molecule has 0 aliphatic carbocycles. The summed E-state index contributed by atoms with van der Waals surface area (Å²) in [5.41, 5.74) is 16.2. The Balaban J connectivity index is 0.000000177. The molecule has 8 aromatic heterocycles. The predicted octanol–water partition coefficient (Wildman–Crippen LogP) is 4.61. The quantitative estimate of drug-likeness (QED) is 0.0498. The monoisotopic (exact) mass is 916 g/mol. The molecule has 0 radical (unpaired) electrons. The number of imidazole rings is 2. The van der Waals surface area contributed by atoms with E-state index in [1.165, 1.54) is 26.7 Å². The van der Waals surface area contributed by atoms with Crippen LogP contribution in [-0.4, -0.2) is 119 Å². The summed E-state index contributed by atoms with van der Waals surface area (Å²) in [5.74, 6) is 1.55. The lowest BCUT2D eigenvalue weighted by Crippen LogP contribution is -2.33. The number of hydrogen-bond donors (Lipinski definition) is 3. The second kappa shape index (κ2) is 23.1. The molecule has 0 spiro atoms. The van der Waals surface area contributed by atoms with Gasteiger partial charge in [0.25, 0.3) is 6.47 Å². The lowest BCUT2D eigenvalue weighted by Gasteiger charge is -2.21. The van der Waals surface area contributed by atoms with Gasteiger partial charge in [0.05, 0.1) is 38.3 Å². The van der Waals surface area contributed by atoms with E-state index < -0.39 is 6.29 Å². The third kappa shape index (κ3) is 11.9. The smallest absolute Gasteiger partial charge is 0.290 e. The number of fused-ring (bicyclic) bond motifs is 2. The molecule has 4 N–H and O–H groups in total. The van der Waals surface area contributed by atoms with Crippen molar-refractivity contribution in [1.29, 1.82) is 0 Å². The van der Waals surface area contributed by atoms with Gasteiger partial charge in [0.2, 0.25) is 11.8 Å². The number of oxime groups is 1. The van der Waals surface area contributed by atoms with E-state index in [0.717, 1.165) is 45.0 Å². The van der Waals surface area contributed by atoms with Crippen LogP contribution in [-0.2, 0) is 38.0 Å². The van der Waals surface area contributed by atoms with Gasteiger partial charge >= 0.3 is 0 Å². The Bertz CT molecular complexity index is 2940. The lowest BCUT2D eigenvalue weighted by molar-refractivity contribution is -0.140. The number of nitrogens with two attached hydrogens (primary N) is 1. The fraction of sp³-hybridized carbons (Fsp3) is 0.267. The van der Waals surface area contributed by atoms with Gasteiger partial charge < -0.3 is 52.9 Å². The molecule has 8 aromatic rings. The summed E-state index contributed by atoms with van der Waals surface area (Å²) in [6, 6.07) is 17.2. The topological polar surface area (TPSA) is 253 Å². The Hall–Kier alpha value is -8.21. The zero-order chi connectivity index (χ0) is 47.9. The molecule has 1 atom stereocenters. The van der Waals surface area contributed by atoms with Gasteiger partial charge in [-0.3, -0.25) is 14.6 Å². The van der Waals surface area contributed by atoms with Crippen LogP contribution in [0.25, 0.3) is 33.4 Å². The zero-order valence-corrected chi connectivity index (χ0v) is 38.2. The molecule has 0 fully saturated rings. The van der Waals surface area contributed by atoms with Gasteiger partial charge in [-0.25, -0.2) is 35.4 Å². The average Bonchev–Trinajstić information content (AvgIpc) is 4.17. The van der Waals surface area contributed by atoms with Crippen molar-refractivity contribution < 1.29 is 38.5 Å². The van der Waals surface area contributed by atoms with Gasteiger partial charge in [-0.05, 0) is 68.4 Å². The SMILES string of the molecule is COc1nc(/C(N)=N/OCC(OC)OC)ccc1-n1cnc(C)c1.COc1nc(C2=NC(c3cn(C)c4ncccc34)CON2)ccc1-n1cnc(C)c1.Cn1ccc2cccnc21.O=CO. The highest BCUT2D eigenvalue weighted by atomic mass is 16.7. The summed E-state index contributed by atoms with van der Waals surface area (Å²) < 4.78 is 28.5. The molecule has 22 heteroatoms. The summed E-state index contributed by atoms with van der Waals surface area (Å²) in [6.45, 7) is 4.12. The van der Waals surface area contributed by atoms with Crippen molar-refractivity contribution in [2.75, 3.05) is 41.7 Å². The Kier molecular flexibility index (Phi) is 16.6. The number of methoxy groups -OCH3 is 4. The van der Waals surface area contributed by atoms with E-state index in [1.807, 2.05) is 101 Å². The number of pyridine rings is 4. The van der Waals surface area contributed by atoms with Gasteiger partial charge in [-0.1, -0.05) is 5.16 Å². The highest BCUT2D eigenvalue weighted by Gasteiger charge is 2.24. The van der Waals surface area contributed by atoms with Crippen molar-refractivity contribution in [3.63, 3.8) is 0 Å². The summed E-state index contributed by atoms with van der Waals surface area (Å²) in [5, 5.41) is 13.0. The number of nitrogens with zero attached hydrogens (tertiary/aromatic N) is 12. The number of carboxylic acid groups (broad SMARTS) is 1. The second-order valence-electron chi connectivity index (χ2n) is 14.4. The Morgan fingerprint density at radius 3 is 2.09 bits per heavy atom. The molecule has 1 aliphatic heterocycles. The van der Waals surface area contributed by atoms with Crippen LogP contribution < -0.4 is 20.7 Å². The van der Waals surface area contributed by atoms with Crippen LogP contribution in [0.4, 0.5) is 0 Å². The van der Waals surface area contributed by atoms with Gasteiger partial charge in [-0.15, -0.1) is 0 Å². The largest absolute Gasteiger partial charge is 0.483 e. The number of hydroxylamine groups is 1. The molecule has 22 nitrogen and oxygen atoms in total. The van der Waals surface area contributed by atoms with Crippen LogP contribution in [0.1, 0.15) is 34.4 Å². The molecule has 9 rings (SSSR count). The van der Waals surface area contributed by atoms with Crippen molar-refractivity contribution >= 4 is 40.2 Å². The van der Waals surface area contributed by atoms with Crippen LogP contribution in [0.15, 0.2) is 115 Å². The van der Waals surface area contributed by atoms with Crippen LogP contribution >= 0.6 is 0 Å².